The van der Waals surface area contributed by atoms with Crippen LogP contribution in [0.3, 0.4) is 0 Å². The maximum Gasteiger partial charge on any atom is 0.293 e. The first-order chi connectivity index (χ1) is 14.8. The Morgan fingerprint density at radius 1 is 1.16 bits per heavy atom. The van der Waals surface area contributed by atoms with E-state index in [1.54, 1.807) is 0 Å². The van der Waals surface area contributed by atoms with Gasteiger partial charge in [-0.15, -0.1) is 0 Å². The Bertz CT molecular complexity index is 1050. The molecule has 3 N–H and O–H groups in total. The second-order valence-electron chi connectivity index (χ2n) is 7.16. The summed E-state index contributed by atoms with van der Waals surface area (Å²) < 4.78 is 32.4. The van der Waals surface area contributed by atoms with E-state index < -0.39 is 31.4 Å². The van der Waals surface area contributed by atoms with Gasteiger partial charge in [0.25, 0.3) is 21.6 Å². The number of amides is 1. The first-order valence-corrected chi connectivity index (χ1v) is 11.2. The van der Waals surface area contributed by atoms with Crippen LogP contribution in [0.15, 0.2) is 47.4 Å². The molecule has 1 saturated heterocycles. The van der Waals surface area contributed by atoms with Crippen LogP contribution >= 0.6 is 0 Å². The van der Waals surface area contributed by atoms with Crippen LogP contribution < -0.4 is 10.0 Å². The highest BCUT2D eigenvalue weighted by Crippen LogP contribution is 2.28. The average molecular weight is 449 g/mol. The van der Waals surface area contributed by atoms with Gasteiger partial charge >= 0.3 is 0 Å². The van der Waals surface area contributed by atoms with Crippen molar-refractivity contribution < 1.29 is 28.0 Å². The maximum absolute atomic E-state index is 12.6. The molecule has 3 rings (SSSR count). The Morgan fingerprint density at radius 2 is 1.84 bits per heavy atom. The molecule has 0 aromatic heterocycles. The average Bonchev–Trinajstić information content (AvgIpc) is 2.78. The van der Waals surface area contributed by atoms with Crippen molar-refractivity contribution in [1.29, 1.82) is 0 Å². The zero-order valence-electron chi connectivity index (χ0n) is 16.6. The summed E-state index contributed by atoms with van der Waals surface area (Å²) in [5.74, 6) is -0.567. The molecule has 0 saturated carbocycles. The number of nitro benzene ring substituents is 1. The molecule has 0 aliphatic carbocycles. The molecule has 1 heterocycles. The van der Waals surface area contributed by atoms with E-state index in [0.717, 1.165) is 18.9 Å². The SMILES string of the molecule is O=C(NS(=O)(=O)c1ccc(NCC2CCOCC2)c([N+](=O)[O-])c1)c1ccc(CO)cc1. The molecule has 31 heavy (non-hydrogen) atoms. The third kappa shape index (κ3) is 5.78. The van der Waals surface area contributed by atoms with Gasteiger partial charge in [-0.05, 0) is 48.6 Å². The van der Waals surface area contributed by atoms with Crippen LogP contribution in [-0.2, 0) is 21.4 Å². The van der Waals surface area contributed by atoms with E-state index in [1.165, 1.54) is 36.4 Å². The number of sulfonamides is 1. The number of carbonyl (C=O) groups excluding carboxylic acids is 1. The summed E-state index contributed by atoms with van der Waals surface area (Å²) in [6.45, 7) is 1.59. The summed E-state index contributed by atoms with van der Waals surface area (Å²) in [7, 11) is -4.33. The molecule has 1 amide bonds. The van der Waals surface area contributed by atoms with Crippen LogP contribution in [0, 0.1) is 16.0 Å². The molecule has 11 heteroatoms. The fourth-order valence-electron chi connectivity index (χ4n) is 3.19. The van der Waals surface area contributed by atoms with Crippen molar-refractivity contribution in [2.75, 3.05) is 25.1 Å². The Kier molecular flexibility index (Phi) is 7.21. The van der Waals surface area contributed by atoms with Crippen molar-refractivity contribution in [1.82, 2.24) is 4.72 Å². The van der Waals surface area contributed by atoms with Crippen molar-refractivity contribution in [2.45, 2.75) is 24.3 Å². The van der Waals surface area contributed by atoms with E-state index in [9.17, 15) is 23.3 Å². The minimum absolute atomic E-state index is 0.0741. The first kappa shape index (κ1) is 22.7. The second kappa shape index (κ2) is 9.86. The molecule has 0 bridgehead atoms. The normalized spacial score (nSPS) is 14.7. The molecule has 10 nitrogen and oxygen atoms in total. The van der Waals surface area contributed by atoms with E-state index in [2.05, 4.69) is 5.32 Å². The summed E-state index contributed by atoms with van der Waals surface area (Å²) in [4.78, 5) is 22.7. The third-order valence-corrected chi connectivity index (χ3v) is 6.35. The van der Waals surface area contributed by atoms with Gasteiger partial charge in [-0.2, -0.15) is 0 Å². The molecule has 0 radical (unpaired) electrons. The number of hydrogen-bond donors (Lipinski definition) is 3. The highest BCUT2D eigenvalue weighted by molar-refractivity contribution is 7.90. The number of ether oxygens (including phenoxy) is 1. The lowest BCUT2D eigenvalue weighted by Gasteiger charge is -2.22. The molecular formula is C20H23N3O7S. The Balaban J connectivity index is 1.76. The fraction of sp³-hybridized carbons (Fsp3) is 0.350. The lowest BCUT2D eigenvalue weighted by atomic mass is 10.0. The van der Waals surface area contributed by atoms with Crippen LogP contribution in [-0.4, -0.2) is 44.1 Å². The predicted octanol–water partition coefficient (Wildman–Crippen LogP) is 2.04. The van der Waals surface area contributed by atoms with Crippen LogP contribution in [0.25, 0.3) is 0 Å². The molecule has 166 valence electrons. The van der Waals surface area contributed by atoms with Crippen LogP contribution in [0.5, 0.6) is 0 Å². The molecule has 2 aromatic carbocycles. The monoisotopic (exact) mass is 449 g/mol. The largest absolute Gasteiger partial charge is 0.392 e. The number of nitrogens with one attached hydrogen (secondary N) is 2. The maximum atomic E-state index is 12.6. The molecular weight excluding hydrogens is 426 g/mol. The minimum Gasteiger partial charge on any atom is -0.392 e. The standard InChI is InChI=1S/C20H23N3O7S/c24-13-15-1-3-16(4-2-15)20(25)22-31(28,29)17-5-6-18(19(11-17)23(26)27)21-12-14-7-9-30-10-8-14/h1-6,11,14,21,24H,7-10,12-13H2,(H,22,25). The summed E-state index contributed by atoms with van der Waals surface area (Å²) in [5, 5.41) is 23.6. The number of nitro groups is 1. The summed E-state index contributed by atoms with van der Waals surface area (Å²) in [6.07, 6.45) is 1.69. The zero-order valence-corrected chi connectivity index (χ0v) is 17.4. The Hall–Kier alpha value is -3.02. The Morgan fingerprint density at radius 3 is 2.45 bits per heavy atom. The highest BCUT2D eigenvalue weighted by atomic mass is 32.2. The molecule has 2 aromatic rings. The molecule has 0 spiro atoms. The lowest BCUT2D eigenvalue weighted by molar-refractivity contribution is -0.384. The number of aliphatic hydroxyl groups is 1. The van der Waals surface area contributed by atoms with Crippen molar-refractivity contribution in [3.63, 3.8) is 0 Å². The Labute approximate surface area is 179 Å². The summed E-state index contributed by atoms with van der Waals surface area (Å²) >= 11 is 0. The van der Waals surface area contributed by atoms with E-state index in [1.807, 2.05) is 4.72 Å². The van der Waals surface area contributed by atoms with Crippen molar-refractivity contribution >= 4 is 27.3 Å². The van der Waals surface area contributed by atoms with Gasteiger partial charge in [0.15, 0.2) is 0 Å². The fourth-order valence-corrected chi connectivity index (χ4v) is 4.18. The van der Waals surface area contributed by atoms with Gasteiger partial charge in [-0.3, -0.25) is 14.9 Å². The van der Waals surface area contributed by atoms with Crippen LogP contribution in [0.2, 0.25) is 0 Å². The third-order valence-electron chi connectivity index (χ3n) is 5.02. The summed E-state index contributed by atoms with van der Waals surface area (Å²) in [5.41, 5.74) is 0.458. The molecule has 0 atom stereocenters. The highest BCUT2D eigenvalue weighted by Gasteiger charge is 2.24. The van der Waals surface area contributed by atoms with E-state index in [4.69, 9.17) is 9.84 Å². The number of anilines is 1. The number of aliphatic hydroxyl groups excluding tert-OH is 1. The van der Waals surface area contributed by atoms with Gasteiger partial charge in [-0.1, -0.05) is 12.1 Å². The van der Waals surface area contributed by atoms with Gasteiger partial charge in [0.05, 0.1) is 16.4 Å². The molecule has 1 fully saturated rings. The number of nitrogens with zero attached hydrogens (tertiary/aromatic N) is 1. The van der Waals surface area contributed by atoms with E-state index >= 15 is 0 Å². The quantitative estimate of drug-likeness (QED) is 0.410. The predicted molar refractivity (Wildman–Crippen MR) is 112 cm³/mol. The van der Waals surface area contributed by atoms with Gasteiger partial charge in [0.1, 0.15) is 5.69 Å². The summed E-state index contributed by atoms with van der Waals surface area (Å²) in [6, 6.07) is 9.20. The van der Waals surface area contributed by atoms with Crippen molar-refractivity contribution in [3.05, 3.63) is 63.7 Å². The lowest BCUT2D eigenvalue weighted by Crippen LogP contribution is -2.30. The number of rotatable bonds is 8. The van der Waals surface area contributed by atoms with Crippen LogP contribution in [0.4, 0.5) is 11.4 Å². The van der Waals surface area contributed by atoms with Crippen LogP contribution in [0.1, 0.15) is 28.8 Å². The van der Waals surface area contributed by atoms with E-state index in [0.29, 0.717) is 31.2 Å². The first-order valence-electron chi connectivity index (χ1n) is 9.67. The van der Waals surface area contributed by atoms with Crippen molar-refractivity contribution in [3.8, 4) is 0 Å². The molecule has 0 unspecified atom stereocenters. The molecule has 1 aliphatic heterocycles. The minimum atomic E-state index is -4.33. The van der Waals surface area contributed by atoms with Gasteiger partial charge in [0, 0.05) is 31.4 Å². The smallest absolute Gasteiger partial charge is 0.293 e. The number of benzene rings is 2. The topological polar surface area (TPSA) is 148 Å². The molecule has 1 aliphatic rings. The zero-order chi connectivity index (χ0) is 22.4. The number of carbonyl (C=O) groups is 1. The van der Waals surface area contributed by atoms with Crippen molar-refractivity contribution in [2.24, 2.45) is 5.92 Å². The van der Waals surface area contributed by atoms with E-state index in [-0.39, 0.29) is 17.9 Å². The van der Waals surface area contributed by atoms with Gasteiger partial charge in [-0.25, -0.2) is 13.1 Å². The number of hydrogen-bond acceptors (Lipinski definition) is 8. The van der Waals surface area contributed by atoms with Gasteiger partial charge in [0.2, 0.25) is 0 Å². The second-order valence-corrected chi connectivity index (χ2v) is 8.84. The van der Waals surface area contributed by atoms with Gasteiger partial charge < -0.3 is 15.2 Å².